The lowest BCUT2D eigenvalue weighted by Gasteiger charge is -2.10. The number of benzene rings is 2. The molecule has 1 N–H and O–H groups in total. The van der Waals surface area contributed by atoms with Crippen molar-refractivity contribution in [3.8, 4) is 0 Å². The van der Waals surface area contributed by atoms with Gasteiger partial charge >= 0.3 is 0 Å². The first-order valence-corrected chi connectivity index (χ1v) is 8.80. The van der Waals surface area contributed by atoms with Gasteiger partial charge < -0.3 is 10.2 Å². The van der Waals surface area contributed by atoms with E-state index in [4.69, 9.17) is 4.84 Å². The molecule has 1 unspecified atom stereocenters. The molecule has 138 valence electrons. The maximum absolute atomic E-state index is 13.3. The molecule has 1 aliphatic heterocycles. The maximum Gasteiger partial charge on any atom is 0.241 e. The van der Waals surface area contributed by atoms with Crippen molar-refractivity contribution >= 4 is 22.5 Å². The van der Waals surface area contributed by atoms with Crippen LogP contribution in [0.1, 0.15) is 12.0 Å². The summed E-state index contributed by atoms with van der Waals surface area (Å²) in [6.07, 6.45) is 2.70. The molecule has 0 fully saturated rings. The van der Waals surface area contributed by atoms with Gasteiger partial charge in [-0.3, -0.25) is 9.48 Å². The predicted molar refractivity (Wildman–Crippen MR) is 99.8 cm³/mol. The highest BCUT2D eigenvalue weighted by Gasteiger charge is 2.22. The Kier molecular flexibility index (Phi) is 4.82. The summed E-state index contributed by atoms with van der Waals surface area (Å²) in [5, 5.41) is 12.2. The van der Waals surface area contributed by atoms with Gasteiger partial charge in [-0.1, -0.05) is 35.5 Å². The molecule has 0 bridgehead atoms. The van der Waals surface area contributed by atoms with E-state index >= 15 is 0 Å². The Morgan fingerprint density at radius 1 is 1.26 bits per heavy atom. The summed E-state index contributed by atoms with van der Waals surface area (Å²) in [5.74, 6) is -0.395. The Labute approximate surface area is 155 Å². The number of rotatable bonds is 6. The Morgan fingerprint density at radius 2 is 2.15 bits per heavy atom. The second-order valence-electron chi connectivity index (χ2n) is 6.56. The molecule has 4 rings (SSSR count). The molecular weight excluding hydrogens is 347 g/mol. The number of halogens is 1. The summed E-state index contributed by atoms with van der Waals surface area (Å²) in [7, 11) is 0. The first-order chi connectivity index (χ1) is 13.2. The maximum atomic E-state index is 13.3. The summed E-state index contributed by atoms with van der Waals surface area (Å²) >= 11 is 0. The molecule has 0 spiro atoms. The number of fused-ring (bicyclic) bond motifs is 1. The van der Waals surface area contributed by atoms with Crippen molar-refractivity contribution in [1.29, 1.82) is 0 Å². The zero-order chi connectivity index (χ0) is 18.6. The summed E-state index contributed by atoms with van der Waals surface area (Å²) in [5.41, 5.74) is 2.62. The Balaban J connectivity index is 1.25. The topological polar surface area (TPSA) is 68.5 Å². The van der Waals surface area contributed by atoms with Gasteiger partial charge in [-0.2, -0.15) is 5.10 Å². The zero-order valence-corrected chi connectivity index (χ0v) is 14.6. The van der Waals surface area contributed by atoms with E-state index in [0.29, 0.717) is 19.4 Å². The minimum atomic E-state index is -0.262. The molecule has 1 amide bonds. The Bertz CT molecular complexity index is 998. The van der Waals surface area contributed by atoms with Crippen molar-refractivity contribution in [2.24, 2.45) is 5.16 Å². The normalized spacial score (nSPS) is 16.2. The van der Waals surface area contributed by atoms with Gasteiger partial charge in [0.25, 0.3) is 0 Å². The number of para-hydroxylation sites is 1. The minimum Gasteiger partial charge on any atom is -0.390 e. The molecule has 7 heteroatoms. The first-order valence-electron chi connectivity index (χ1n) is 8.80. The summed E-state index contributed by atoms with van der Waals surface area (Å²) in [6, 6.07) is 14.2. The van der Waals surface area contributed by atoms with Crippen LogP contribution in [0.3, 0.4) is 0 Å². The smallest absolute Gasteiger partial charge is 0.241 e. The standard InChI is InChI=1S/C20H19FN4O2/c21-16-6-3-4-14(8-16)9-17-10-18(27-24-17)12-22-20(26)13-25-19-7-2-1-5-15(19)11-23-25/h1-8,11,18H,9-10,12-13H2,(H,22,26). The van der Waals surface area contributed by atoms with E-state index in [1.807, 2.05) is 30.3 Å². The van der Waals surface area contributed by atoms with Crippen LogP contribution in [0.4, 0.5) is 4.39 Å². The molecule has 2 aromatic carbocycles. The van der Waals surface area contributed by atoms with Crippen LogP contribution in [0.15, 0.2) is 59.9 Å². The second-order valence-corrected chi connectivity index (χ2v) is 6.56. The monoisotopic (exact) mass is 366 g/mol. The van der Waals surface area contributed by atoms with Crippen LogP contribution in [0.25, 0.3) is 10.9 Å². The van der Waals surface area contributed by atoms with Crippen LogP contribution in [-0.4, -0.2) is 34.0 Å². The Hall–Kier alpha value is -3.22. The second kappa shape index (κ2) is 7.57. The lowest BCUT2D eigenvalue weighted by Crippen LogP contribution is -2.34. The fraction of sp³-hybridized carbons (Fsp3) is 0.250. The van der Waals surface area contributed by atoms with Crippen molar-refractivity contribution in [3.05, 3.63) is 66.1 Å². The summed E-state index contributed by atoms with van der Waals surface area (Å²) in [4.78, 5) is 17.6. The van der Waals surface area contributed by atoms with Gasteiger partial charge in [0.15, 0.2) is 0 Å². The van der Waals surface area contributed by atoms with Gasteiger partial charge in [-0.05, 0) is 23.8 Å². The number of carbonyl (C=O) groups is 1. The number of nitrogens with zero attached hydrogens (tertiary/aromatic N) is 3. The average molecular weight is 366 g/mol. The first kappa shape index (κ1) is 17.2. The molecule has 2 heterocycles. The molecule has 1 aliphatic rings. The third kappa shape index (κ3) is 4.13. The van der Waals surface area contributed by atoms with Crippen molar-refractivity contribution in [3.63, 3.8) is 0 Å². The summed E-state index contributed by atoms with van der Waals surface area (Å²) in [6.45, 7) is 0.519. The fourth-order valence-corrected chi connectivity index (χ4v) is 3.15. The molecule has 0 saturated heterocycles. The van der Waals surface area contributed by atoms with Crippen LogP contribution in [-0.2, 0) is 22.6 Å². The third-order valence-corrected chi connectivity index (χ3v) is 4.46. The minimum absolute atomic E-state index is 0.133. The fourth-order valence-electron chi connectivity index (χ4n) is 3.15. The highest BCUT2D eigenvalue weighted by Crippen LogP contribution is 2.15. The molecule has 1 atom stereocenters. The quantitative estimate of drug-likeness (QED) is 0.729. The number of carbonyl (C=O) groups excluding carboxylic acids is 1. The molecule has 6 nitrogen and oxygen atoms in total. The van der Waals surface area contributed by atoms with E-state index in [1.165, 1.54) is 12.1 Å². The zero-order valence-electron chi connectivity index (χ0n) is 14.6. The molecular formula is C20H19FN4O2. The number of nitrogens with one attached hydrogen (secondary N) is 1. The van der Waals surface area contributed by atoms with E-state index in [1.54, 1.807) is 16.9 Å². The number of aromatic nitrogens is 2. The SMILES string of the molecule is O=C(Cn1ncc2ccccc21)NCC1CC(Cc2cccc(F)c2)=NO1. The highest BCUT2D eigenvalue weighted by atomic mass is 19.1. The number of amides is 1. The molecule has 0 radical (unpaired) electrons. The van der Waals surface area contributed by atoms with Crippen LogP contribution >= 0.6 is 0 Å². The van der Waals surface area contributed by atoms with Crippen LogP contribution < -0.4 is 5.32 Å². The average Bonchev–Trinajstić information content (AvgIpc) is 3.27. The third-order valence-electron chi connectivity index (χ3n) is 4.46. The molecule has 3 aromatic rings. The molecule has 0 saturated carbocycles. The van der Waals surface area contributed by atoms with E-state index < -0.39 is 0 Å². The van der Waals surface area contributed by atoms with Gasteiger partial charge in [0.2, 0.25) is 5.91 Å². The largest absolute Gasteiger partial charge is 0.390 e. The van der Waals surface area contributed by atoms with E-state index in [2.05, 4.69) is 15.6 Å². The van der Waals surface area contributed by atoms with Crippen LogP contribution in [0.2, 0.25) is 0 Å². The van der Waals surface area contributed by atoms with Crippen molar-refractivity contribution in [2.45, 2.75) is 25.5 Å². The van der Waals surface area contributed by atoms with E-state index in [9.17, 15) is 9.18 Å². The van der Waals surface area contributed by atoms with Crippen molar-refractivity contribution in [1.82, 2.24) is 15.1 Å². The molecule has 27 heavy (non-hydrogen) atoms. The van der Waals surface area contributed by atoms with Gasteiger partial charge in [0.05, 0.1) is 24.0 Å². The lowest BCUT2D eigenvalue weighted by atomic mass is 10.0. The van der Waals surface area contributed by atoms with E-state index in [-0.39, 0.29) is 24.4 Å². The van der Waals surface area contributed by atoms with Crippen LogP contribution in [0, 0.1) is 5.82 Å². The lowest BCUT2D eigenvalue weighted by molar-refractivity contribution is -0.122. The van der Waals surface area contributed by atoms with Crippen molar-refractivity contribution < 1.29 is 14.0 Å². The van der Waals surface area contributed by atoms with Gasteiger partial charge in [0, 0.05) is 18.2 Å². The predicted octanol–water partition coefficient (Wildman–Crippen LogP) is 2.68. The highest BCUT2D eigenvalue weighted by molar-refractivity contribution is 5.87. The molecule has 0 aliphatic carbocycles. The van der Waals surface area contributed by atoms with Gasteiger partial charge in [-0.15, -0.1) is 0 Å². The summed E-state index contributed by atoms with van der Waals surface area (Å²) < 4.78 is 14.9. The van der Waals surface area contributed by atoms with Gasteiger partial charge in [0.1, 0.15) is 18.5 Å². The Morgan fingerprint density at radius 3 is 3.04 bits per heavy atom. The molecule has 1 aromatic heterocycles. The van der Waals surface area contributed by atoms with Crippen molar-refractivity contribution in [2.75, 3.05) is 6.54 Å². The van der Waals surface area contributed by atoms with Crippen LogP contribution in [0.5, 0.6) is 0 Å². The number of hydrogen-bond donors (Lipinski definition) is 1. The van der Waals surface area contributed by atoms with Gasteiger partial charge in [-0.25, -0.2) is 4.39 Å². The van der Waals surface area contributed by atoms with E-state index in [0.717, 1.165) is 22.2 Å². The number of oxime groups is 1. The number of hydrogen-bond acceptors (Lipinski definition) is 4.